The van der Waals surface area contributed by atoms with Crippen LogP contribution < -0.4 is 14.8 Å². The maximum absolute atomic E-state index is 12.5. The number of rotatable bonds is 7. The highest BCUT2D eigenvalue weighted by Crippen LogP contribution is 2.37. The Bertz CT molecular complexity index is 744. The Kier molecular flexibility index (Phi) is 6.71. The lowest BCUT2D eigenvalue weighted by atomic mass is 10.1. The van der Waals surface area contributed by atoms with Gasteiger partial charge in [-0.3, -0.25) is 4.79 Å². The van der Waals surface area contributed by atoms with Gasteiger partial charge in [-0.2, -0.15) is 0 Å². The summed E-state index contributed by atoms with van der Waals surface area (Å²) >= 11 is 6.32. The second-order valence-corrected chi connectivity index (χ2v) is 6.70. The van der Waals surface area contributed by atoms with Gasteiger partial charge in [0.1, 0.15) is 0 Å². The van der Waals surface area contributed by atoms with E-state index in [1.54, 1.807) is 12.1 Å². The minimum absolute atomic E-state index is 0.247. The largest absolute Gasteiger partial charge is 0.493 e. The molecule has 2 aromatic rings. The number of ether oxygens (including phenoxy) is 2. The maximum Gasteiger partial charge on any atom is 0.255 e. The van der Waals surface area contributed by atoms with Gasteiger partial charge in [0.25, 0.3) is 5.91 Å². The summed E-state index contributed by atoms with van der Waals surface area (Å²) in [5.41, 5.74) is 2.17. The van der Waals surface area contributed by atoms with E-state index < -0.39 is 0 Å². The first-order valence-electron chi connectivity index (χ1n) is 8.29. The first-order valence-corrected chi connectivity index (χ1v) is 8.67. The van der Waals surface area contributed by atoms with Crippen LogP contribution in [0, 0.1) is 12.8 Å². The molecule has 0 aliphatic heterocycles. The van der Waals surface area contributed by atoms with Crippen LogP contribution in [0.4, 0.5) is 5.69 Å². The maximum atomic E-state index is 12.5. The number of hydrogen-bond donors (Lipinski definition) is 1. The highest BCUT2D eigenvalue weighted by Gasteiger charge is 2.16. The number of anilines is 1. The van der Waals surface area contributed by atoms with Crippen molar-refractivity contribution in [2.24, 2.45) is 5.92 Å². The van der Waals surface area contributed by atoms with Crippen molar-refractivity contribution in [3.63, 3.8) is 0 Å². The van der Waals surface area contributed by atoms with Crippen molar-refractivity contribution in [1.29, 1.82) is 0 Å². The fourth-order valence-electron chi connectivity index (χ4n) is 2.30. The van der Waals surface area contributed by atoms with Crippen LogP contribution in [-0.2, 0) is 0 Å². The van der Waals surface area contributed by atoms with E-state index in [2.05, 4.69) is 19.2 Å². The van der Waals surface area contributed by atoms with Crippen LogP contribution in [0.2, 0.25) is 5.02 Å². The average Bonchev–Trinajstić information content (AvgIpc) is 2.57. The SMILES string of the molecule is COc1cc(C(=O)Nc2ccccc2C)cc(Cl)c1OCCC(C)C. The number of nitrogens with one attached hydrogen (secondary N) is 1. The highest BCUT2D eigenvalue weighted by molar-refractivity contribution is 6.32. The smallest absolute Gasteiger partial charge is 0.255 e. The molecule has 0 saturated carbocycles. The van der Waals surface area contributed by atoms with Gasteiger partial charge in [0.05, 0.1) is 18.7 Å². The second-order valence-electron chi connectivity index (χ2n) is 6.29. The zero-order valence-corrected chi connectivity index (χ0v) is 15.8. The van der Waals surface area contributed by atoms with Crippen LogP contribution >= 0.6 is 11.6 Å². The summed E-state index contributed by atoms with van der Waals surface area (Å²) < 4.78 is 11.1. The van der Waals surface area contributed by atoms with Gasteiger partial charge in [-0.1, -0.05) is 43.6 Å². The lowest BCUT2D eigenvalue weighted by molar-refractivity contribution is 0.102. The number of aryl methyl sites for hydroxylation is 1. The third-order valence-corrected chi connectivity index (χ3v) is 4.11. The van der Waals surface area contributed by atoms with Crippen LogP contribution in [0.5, 0.6) is 11.5 Å². The topological polar surface area (TPSA) is 47.6 Å². The standard InChI is InChI=1S/C20H24ClNO3/c1-13(2)9-10-25-19-16(21)11-15(12-18(19)24-4)20(23)22-17-8-6-5-7-14(17)3/h5-8,11-13H,9-10H2,1-4H3,(H,22,23). The van der Waals surface area contributed by atoms with E-state index in [0.29, 0.717) is 34.6 Å². The van der Waals surface area contributed by atoms with Gasteiger partial charge in [-0.15, -0.1) is 0 Å². The van der Waals surface area contributed by atoms with Gasteiger partial charge in [-0.25, -0.2) is 0 Å². The monoisotopic (exact) mass is 361 g/mol. The molecule has 0 atom stereocenters. The first-order chi connectivity index (χ1) is 11.9. The van der Waals surface area contributed by atoms with Gasteiger partial charge >= 0.3 is 0 Å². The average molecular weight is 362 g/mol. The Morgan fingerprint density at radius 1 is 1.24 bits per heavy atom. The molecule has 0 saturated heterocycles. The summed E-state index contributed by atoms with van der Waals surface area (Å²) in [7, 11) is 1.53. The molecule has 134 valence electrons. The highest BCUT2D eigenvalue weighted by atomic mass is 35.5. The molecule has 0 aliphatic rings. The lowest BCUT2D eigenvalue weighted by Gasteiger charge is -2.15. The molecule has 25 heavy (non-hydrogen) atoms. The number of carbonyl (C=O) groups is 1. The Balaban J connectivity index is 2.20. The quantitative estimate of drug-likeness (QED) is 0.724. The number of benzene rings is 2. The van der Waals surface area contributed by atoms with Crippen molar-refractivity contribution in [3.8, 4) is 11.5 Å². The Hall–Kier alpha value is -2.20. The molecular weight excluding hydrogens is 338 g/mol. The summed E-state index contributed by atoms with van der Waals surface area (Å²) in [5, 5.41) is 3.25. The molecule has 1 N–H and O–H groups in total. The van der Waals surface area contributed by atoms with Crippen LogP contribution in [-0.4, -0.2) is 19.6 Å². The summed E-state index contributed by atoms with van der Waals surface area (Å²) in [4.78, 5) is 12.5. The van der Waals surface area contributed by atoms with Crippen molar-refractivity contribution in [3.05, 3.63) is 52.5 Å². The Morgan fingerprint density at radius 3 is 2.60 bits per heavy atom. The summed E-state index contributed by atoms with van der Waals surface area (Å²) in [6.07, 6.45) is 0.912. The van der Waals surface area contributed by atoms with Gasteiger partial charge in [0, 0.05) is 11.3 Å². The summed E-state index contributed by atoms with van der Waals surface area (Å²) in [6.45, 7) is 6.74. The predicted molar refractivity (Wildman–Crippen MR) is 102 cm³/mol. The molecule has 2 aromatic carbocycles. The van der Waals surface area contributed by atoms with E-state index in [1.165, 1.54) is 7.11 Å². The number of halogens is 1. The Morgan fingerprint density at radius 2 is 1.96 bits per heavy atom. The molecule has 0 aliphatic carbocycles. The van der Waals surface area contributed by atoms with Crippen molar-refractivity contribution in [1.82, 2.24) is 0 Å². The first kappa shape index (κ1) is 19.1. The number of methoxy groups -OCH3 is 1. The van der Waals surface area contributed by atoms with Crippen LogP contribution in [0.1, 0.15) is 36.2 Å². The van der Waals surface area contributed by atoms with Crippen molar-refractivity contribution >= 4 is 23.2 Å². The molecule has 0 radical (unpaired) electrons. The van der Waals surface area contributed by atoms with E-state index in [9.17, 15) is 4.79 Å². The molecule has 0 fully saturated rings. The van der Waals surface area contributed by atoms with Crippen molar-refractivity contribution in [2.75, 3.05) is 19.0 Å². The Labute approximate surface area is 154 Å². The number of para-hydroxylation sites is 1. The fourth-order valence-corrected chi connectivity index (χ4v) is 2.56. The molecular formula is C20H24ClNO3. The molecule has 1 amide bonds. The minimum atomic E-state index is -0.247. The van der Waals surface area contributed by atoms with E-state index in [0.717, 1.165) is 17.7 Å². The van der Waals surface area contributed by atoms with Crippen molar-refractivity contribution < 1.29 is 14.3 Å². The number of amides is 1. The van der Waals surface area contributed by atoms with Crippen molar-refractivity contribution in [2.45, 2.75) is 27.2 Å². The van der Waals surface area contributed by atoms with Gasteiger partial charge in [-0.05, 0) is 43.0 Å². The zero-order valence-electron chi connectivity index (χ0n) is 15.1. The lowest BCUT2D eigenvalue weighted by Crippen LogP contribution is -2.13. The molecule has 4 nitrogen and oxygen atoms in total. The number of carbonyl (C=O) groups excluding carboxylic acids is 1. The number of hydrogen-bond acceptors (Lipinski definition) is 3. The second kappa shape index (κ2) is 8.77. The van der Waals surface area contributed by atoms with Crippen LogP contribution in [0.3, 0.4) is 0 Å². The third kappa shape index (κ3) is 5.13. The zero-order chi connectivity index (χ0) is 18.4. The van der Waals surface area contributed by atoms with Crippen LogP contribution in [0.25, 0.3) is 0 Å². The normalized spacial score (nSPS) is 10.6. The summed E-state index contributed by atoms with van der Waals surface area (Å²) in [6, 6.07) is 10.8. The molecule has 0 bridgehead atoms. The molecule has 0 unspecified atom stereocenters. The molecule has 0 aromatic heterocycles. The van der Waals surface area contributed by atoms with E-state index in [1.807, 2.05) is 31.2 Å². The van der Waals surface area contributed by atoms with E-state index >= 15 is 0 Å². The van der Waals surface area contributed by atoms with E-state index in [4.69, 9.17) is 21.1 Å². The molecule has 2 rings (SSSR count). The third-order valence-electron chi connectivity index (χ3n) is 3.83. The van der Waals surface area contributed by atoms with Gasteiger partial charge < -0.3 is 14.8 Å². The van der Waals surface area contributed by atoms with E-state index in [-0.39, 0.29) is 5.91 Å². The van der Waals surface area contributed by atoms with Gasteiger partial charge in [0.2, 0.25) is 0 Å². The minimum Gasteiger partial charge on any atom is -0.493 e. The fraction of sp³-hybridized carbons (Fsp3) is 0.350. The molecule has 5 heteroatoms. The predicted octanol–water partition coefficient (Wildman–Crippen LogP) is 5.33. The summed E-state index contributed by atoms with van der Waals surface area (Å²) in [5.74, 6) is 1.20. The van der Waals surface area contributed by atoms with Crippen LogP contribution in [0.15, 0.2) is 36.4 Å². The molecule has 0 spiro atoms. The molecule has 0 heterocycles. The van der Waals surface area contributed by atoms with Gasteiger partial charge in [0.15, 0.2) is 11.5 Å².